The Kier molecular flexibility index (Phi) is 3.53. The Labute approximate surface area is 72.7 Å². The lowest BCUT2D eigenvalue weighted by atomic mass is 10.1. The van der Waals surface area contributed by atoms with Gasteiger partial charge >= 0.3 is 5.97 Å². The average molecular weight is 172 g/mol. The van der Waals surface area contributed by atoms with Crippen molar-refractivity contribution in [2.75, 3.05) is 0 Å². The molecule has 2 unspecified atom stereocenters. The van der Waals surface area contributed by atoms with Gasteiger partial charge in [0.25, 0.3) is 0 Å². The number of carbonyl (C=O) groups excluding carboxylic acids is 1. The van der Waals surface area contributed by atoms with Crippen LogP contribution in [0.2, 0.25) is 0 Å². The first-order valence-corrected chi connectivity index (χ1v) is 4.56. The SMILES string of the molecule is CC1CC(O)CCCCC(=O)O1. The maximum absolute atomic E-state index is 11.0. The molecule has 2 atom stereocenters. The van der Waals surface area contributed by atoms with Crippen molar-refractivity contribution in [3.05, 3.63) is 0 Å². The highest BCUT2D eigenvalue weighted by Gasteiger charge is 2.16. The quantitative estimate of drug-likeness (QED) is 0.559. The molecule has 1 aliphatic rings. The Balaban J connectivity index is 2.43. The minimum atomic E-state index is -0.300. The number of hydrogen-bond donors (Lipinski definition) is 1. The zero-order valence-electron chi connectivity index (χ0n) is 7.45. The van der Waals surface area contributed by atoms with Crippen LogP contribution in [0.4, 0.5) is 0 Å². The topological polar surface area (TPSA) is 46.5 Å². The highest BCUT2D eigenvalue weighted by atomic mass is 16.5. The number of ether oxygens (including phenoxy) is 1. The molecule has 1 aliphatic heterocycles. The van der Waals surface area contributed by atoms with E-state index in [0.29, 0.717) is 12.8 Å². The predicted octanol–water partition coefficient (Wildman–Crippen LogP) is 1.24. The second-order valence-corrected chi connectivity index (χ2v) is 3.44. The maximum Gasteiger partial charge on any atom is 0.306 e. The predicted molar refractivity (Wildman–Crippen MR) is 44.6 cm³/mol. The highest BCUT2D eigenvalue weighted by molar-refractivity contribution is 5.69. The van der Waals surface area contributed by atoms with Gasteiger partial charge in [0.15, 0.2) is 0 Å². The van der Waals surface area contributed by atoms with E-state index in [1.807, 2.05) is 6.92 Å². The van der Waals surface area contributed by atoms with Gasteiger partial charge in [0.2, 0.25) is 0 Å². The molecular formula is C9H16O3. The molecule has 1 rings (SSSR count). The van der Waals surface area contributed by atoms with Crippen LogP contribution in [0.1, 0.15) is 39.0 Å². The van der Waals surface area contributed by atoms with Gasteiger partial charge in [0.05, 0.1) is 6.10 Å². The summed E-state index contributed by atoms with van der Waals surface area (Å²) in [4.78, 5) is 11.0. The second-order valence-electron chi connectivity index (χ2n) is 3.44. The largest absolute Gasteiger partial charge is 0.463 e. The highest BCUT2D eigenvalue weighted by Crippen LogP contribution is 2.14. The van der Waals surface area contributed by atoms with Crippen molar-refractivity contribution < 1.29 is 14.6 Å². The zero-order valence-corrected chi connectivity index (χ0v) is 7.45. The third-order valence-electron chi connectivity index (χ3n) is 2.10. The van der Waals surface area contributed by atoms with Crippen molar-refractivity contribution in [2.45, 2.75) is 51.2 Å². The van der Waals surface area contributed by atoms with E-state index in [2.05, 4.69) is 0 Å². The third kappa shape index (κ3) is 3.22. The molecule has 0 aliphatic carbocycles. The Morgan fingerprint density at radius 3 is 3.00 bits per heavy atom. The molecule has 0 bridgehead atoms. The summed E-state index contributed by atoms with van der Waals surface area (Å²) in [5.41, 5.74) is 0. The molecule has 3 heteroatoms. The molecule has 0 aromatic carbocycles. The second kappa shape index (κ2) is 4.45. The van der Waals surface area contributed by atoms with E-state index < -0.39 is 0 Å². The number of esters is 1. The van der Waals surface area contributed by atoms with Crippen molar-refractivity contribution in [3.63, 3.8) is 0 Å². The lowest BCUT2D eigenvalue weighted by molar-refractivity contribution is -0.149. The normalized spacial score (nSPS) is 33.0. The summed E-state index contributed by atoms with van der Waals surface area (Å²) >= 11 is 0. The molecule has 70 valence electrons. The molecule has 0 spiro atoms. The number of hydrogen-bond acceptors (Lipinski definition) is 3. The first kappa shape index (κ1) is 9.52. The fraction of sp³-hybridized carbons (Fsp3) is 0.889. The molecule has 1 saturated heterocycles. The van der Waals surface area contributed by atoms with Gasteiger partial charge in [-0.15, -0.1) is 0 Å². The van der Waals surface area contributed by atoms with Crippen molar-refractivity contribution in [1.29, 1.82) is 0 Å². The van der Waals surface area contributed by atoms with Crippen molar-refractivity contribution in [2.24, 2.45) is 0 Å². The van der Waals surface area contributed by atoms with Gasteiger partial charge in [0.1, 0.15) is 6.10 Å². The number of aliphatic hydroxyl groups excluding tert-OH is 1. The molecule has 12 heavy (non-hydrogen) atoms. The van der Waals surface area contributed by atoms with Crippen LogP contribution >= 0.6 is 0 Å². The monoisotopic (exact) mass is 172 g/mol. The molecule has 1 fully saturated rings. The number of cyclic esters (lactones) is 1. The number of aliphatic hydroxyl groups is 1. The Morgan fingerprint density at radius 2 is 2.25 bits per heavy atom. The molecule has 0 amide bonds. The molecule has 0 radical (unpaired) electrons. The van der Waals surface area contributed by atoms with Gasteiger partial charge in [-0.1, -0.05) is 6.42 Å². The maximum atomic E-state index is 11.0. The summed E-state index contributed by atoms with van der Waals surface area (Å²) < 4.78 is 5.04. The molecule has 3 nitrogen and oxygen atoms in total. The van der Waals surface area contributed by atoms with E-state index in [4.69, 9.17) is 4.74 Å². The van der Waals surface area contributed by atoms with Crippen LogP contribution in [0, 0.1) is 0 Å². The molecule has 0 aromatic heterocycles. The van der Waals surface area contributed by atoms with Crippen LogP contribution in [0.15, 0.2) is 0 Å². The smallest absolute Gasteiger partial charge is 0.306 e. The summed E-state index contributed by atoms with van der Waals surface area (Å²) in [6.07, 6.45) is 3.19. The third-order valence-corrected chi connectivity index (χ3v) is 2.10. The van der Waals surface area contributed by atoms with Gasteiger partial charge in [-0.3, -0.25) is 4.79 Å². The molecule has 1 N–H and O–H groups in total. The van der Waals surface area contributed by atoms with Gasteiger partial charge < -0.3 is 9.84 Å². The van der Waals surface area contributed by atoms with Gasteiger partial charge in [-0.05, 0) is 19.8 Å². The van der Waals surface area contributed by atoms with Crippen molar-refractivity contribution >= 4 is 5.97 Å². The minimum Gasteiger partial charge on any atom is -0.463 e. The lowest BCUT2D eigenvalue weighted by Crippen LogP contribution is -2.19. The summed E-state index contributed by atoms with van der Waals surface area (Å²) in [6, 6.07) is 0. The first-order valence-electron chi connectivity index (χ1n) is 4.56. The van der Waals surface area contributed by atoms with E-state index in [1.165, 1.54) is 0 Å². The number of rotatable bonds is 0. The van der Waals surface area contributed by atoms with Crippen LogP contribution in [0.5, 0.6) is 0 Å². The molecular weight excluding hydrogens is 156 g/mol. The standard InChI is InChI=1S/C9H16O3/c1-7-6-8(10)4-2-3-5-9(11)12-7/h7-8,10H,2-6H2,1H3. The molecule has 0 saturated carbocycles. The van der Waals surface area contributed by atoms with Gasteiger partial charge in [-0.2, -0.15) is 0 Å². The summed E-state index contributed by atoms with van der Waals surface area (Å²) in [7, 11) is 0. The van der Waals surface area contributed by atoms with Crippen LogP contribution in [0.25, 0.3) is 0 Å². The van der Waals surface area contributed by atoms with Crippen LogP contribution in [-0.4, -0.2) is 23.3 Å². The van der Waals surface area contributed by atoms with E-state index in [0.717, 1.165) is 19.3 Å². The number of carbonyl (C=O) groups is 1. The average Bonchev–Trinajstić information content (AvgIpc) is 2.01. The minimum absolute atomic E-state index is 0.128. The lowest BCUT2D eigenvalue weighted by Gasteiger charge is -2.14. The molecule has 0 aromatic rings. The van der Waals surface area contributed by atoms with Crippen LogP contribution in [-0.2, 0) is 9.53 Å². The zero-order chi connectivity index (χ0) is 8.97. The van der Waals surface area contributed by atoms with Gasteiger partial charge in [0, 0.05) is 12.8 Å². The fourth-order valence-electron chi connectivity index (χ4n) is 1.48. The fourth-order valence-corrected chi connectivity index (χ4v) is 1.48. The van der Waals surface area contributed by atoms with Crippen LogP contribution in [0.3, 0.4) is 0 Å². The van der Waals surface area contributed by atoms with E-state index >= 15 is 0 Å². The Bertz CT molecular complexity index is 156. The van der Waals surface area contributed by atoms with E-state index in [9.17, 15) is 9.90 Å². The summed E-state index contributed by atoms with van der Waals surface area (Å²) in [6.45, 7) is 1.83. The Morgan fingerprint density at radius 1 is 1.50 bits per heavy atom. The Hall–Kier alpha value is -0.570. The summed E-state index contributed by atoms with van der Waals surface area (Å²) in [5, 5.41) is 9.40. The van der Waals surface area contributed by atoms with E-state index in [1.54, 1.807) is 0 Å². The van der Waals surface area contributed by atoms with Crippen molar-refractivity contribution in [3.8, 4) is 0 Å². The first-order chi connectivity index (χ1) is 5.68. The van der Waals surface area contributed by atoms with Crippen molar-refractivity contribution in [1.82, 2.24) is 0 Å². The van der Waals surface area contributed by atoms with Crippen LogP contribution < -0.4 is 0 Å². The van der Waals surface area contributed by atoms with E-state index in [-0.39, 0.29) is 18.2 Å². The molecule has 1 heterocycles. The summed E-state index contributed by atoms with van der Waals surface area (Å²) in [5.74, 6) is -0.128. The van der Waals surface area contributed by atoms with Gasteiger partial charge in [-0.25, -0.2) is 0 Å².